The van der Waals surface area contributed by atoms with E-state index in [0.29, 0.717) is 5.56 Å². The van der Waals surface area contributed by atoms with Crippen molar-refractivity contribution in [2.45, 2.75) is 25.3 Å². The van der Waals surface area contributed by atoms with Gasteiger partial charge in [-0.05, 0) is 43.5 Å². The number of nitrogens with zero attached hydrogens (tertiary/aromatic N) is 2. The van der Waals surface area contributed by atoms with Crippen molar-refractivity contribution >= 4 is 5.91 Å². The number of phenolic OH excluding ortho intramolecular Hbond substituents is 1. The van der Waals surface area contributed by atoms with Gasteiger partial charge in [-0.15, -0.1) is 0 Å². The van der Waals surface area contributed by atoms with E-state index in [0.717, 1.165) is 24.8 Å². The Hall–Kier alpha value is -2.30. The summed E-state index contributed by atoms with van der Waals surface area (Å²) in [5.74, 6) is 0.0421. The molecule has 1 aromatic heterocycles. The van der Waals surface area contributed by atoms with Crippen LogP contribution in [-0.4, -0.2) is 20.8 Å². The SMILES string of the molecule is Cn1ncc2c1CCCC2NC(=O)c1ccc(O)cc1. The number of rotatable bonds is 2. The molecule has 3 rings (SSSR count). The summed E-state index contributed by atoms with van der Waals surface area (Å²) in [6, 6.07) is 6.31. The second-order valence-electron chi connectivity index (χ2n) is 5.14. The van der Waals surface area contributed by atoms with E-state index in [1.165, 1.54) is 17.8 Å². The van der Waals surface area contributed by atoms with Crippen LogP contribution in [0.15, 0.2) is 30.5 Å². The van der Waals surface area contributed by atoms with Crippen LogP contribution in [0.5, 0.6) is 5.75 Å². The molecule has 2 N–H and O–H groups in total. The number of amides is 1. The molecule has 1 heterocycles. The Balaban J connectivity index is 1.78. The molecular weight excluding hydrogens is 254 g/mol. The summed E-state index contributed by atoms with van der Waals surface area (Å²) < 4.78 is 1.88. The normalized spacial score (nSPS) is 17.6. The Morgan fingerprint density at radius 2 is 2.15 bits per heavy atom. The highest BCUT2D eigenvalue weighted by Crippen LogP contribution is 2.29. The average molecular weight is 271 g/mol. The Morgan fingerprint density at radius 1 is 1.40 bits per heavy atom. The van der Waals surface area contributed by atoms with Crippen LogP contribution in [-0.2, 0) is 13.5 Å². The van der Waals surface area contributed by atoms with Gasteiger partial charge in [0.05, 0.1) is 12.2 Å². The van der Waals surface area contributed by atoms with Crippen molar-refractivity contribution in [2.24, 2.45) is 7.05 Å². The number of aryl methyl sites for hydroxylation is 1. The Bertz CT molecular complexity index is 631. The fraction of sp³-hybridized carbons (Fsp3) is 0.333. The van der Waals surface area contributed by atoms with Crippen LogP contribution in [0.1, 0.15) is 40.5 Å². The molecule has 2 aromatic rings. The summed E-state index contributed by atoms with van der Waals surface area (Å²) in [6.07, 6.45) is 4.84. The first-order valence-electron chi connectivity index (χ1n) is 6.76. The second-order valence-corrected chi connectivity index (χ2v) is 5.14. The zero-order valence-corrected chi connectivity index (χ0v) is 11.3. The van der Waals surface area contributed by atoms with E-state index in [4.69, 9.17) is 0 Å². The lowest BCUT2D eigenvalue weighted by Gasteiger charge is -2.23. The van der Waals surface area contributed by atoms with Gasteiger partial charge in [0.1, 0.15) is 5.75 Å². The molecule has 0 saturated carbocycles. The van der Waals surface area contributed by atoms with Gasteiger partial charge in [-0.1, -0.05) is 0 Å². The lowest BCUT2D eigenvalue weighted by atomic mass is 9.93. The molecule has 1 aliphatic rings. The average Bonchev–Trinajstić information content (AvgIpc) is 2.82. The van der Waals surface area contributed by atoms with Crippen molar-refractivity contribution < 1.29 is 9.90 Å². The van der Waals surface area contributed by atoms with Crippen LogP contribution >= 0.6 is 0 Å². The summed E-state index contributed by atoms with van der Waals surface area (Å²) in [4.78, 5) is 12.2. The smallest absolute Gasteiger partial charge is 0.251 e. The van der Waals surface area contributed by atoms with Crippen molar-refractivity contribution in [3.63, 3.8) is 0 Å². The van der Waals surface area contributed by atoms with E-state index in [1.807, 2.05) is 17.9 Å². The molecule has 0 radical (unpaired) electrons. The van der Waals surface area contributed by atoms with E-state index in [2.05, 4.69) is 10.4 Å². The maximum Gasteiger partial charge on any atom is 0.251 e. The Labute approximate surface area is 117 Å². The van der Waals surface area contributed by atoms with Gasteiger partial charge < -0.3 is 10.4 Å². The van der Waals surface area contributed by atoms with E-state index in [-0.39, 0.29) is 17.7 Å². The van der Waals surface area contributed by atoms with Crippen molar-refractivity contribution in [2.75, 3.05) is 0 Å². The number of carbonyl (C=O) groups is 1. The highest BCUT2D eigenvalue weighted by Gasteiger charge is 2.24. The zero-order valence-electron chi connectivity index (χ0n) is 11.3. The third kappa shape index (κ3) is 2.27. The first-order valence-corrected chi connectivity index (χ1v) is 6.76. The molecule has 5 heteroatoms. The number of aromatic nitrogens is 2. The standard InChI is InChI=1S/C15H17N3O2/c1-18-14-4-2-3-13(12(14)9-16-18)17-15(20)10-5-7-11(19)8-6-10/h5-9,13,19H,2-4H2,1H3,(H,17,20). The molecular formula is C15H17N3O2. The number of benzene rings is 1. The molecule has 0 saturated heterocycles. The van der Waals surface area contributed by atoms with Crippen molar-refractivity contribution in [1.29, 1.82) is 0 Å². The minimum Gasteiger partial charge on any atom is -0.508 e. The molecule has 104 valence electrons. The van der Waals surface area contributed by atoms with Crippen molar-refractivity contribution in [1.82, 2.24) is 15.1 Å². The molecule has 1 unspecified atom stereocenters. The quantitative estimate of drug-likeness (QED) is 0.877. The number of phenols is 1. The zero-order chi connectivity index (χ0) is 14.1. The monoisotopic (exact) mass is 271 g/mol. The van der Waals surface area contributed by atoms with Gasteiger partial charge in [0.15, 0.2) is 0 Å². The topological polar surface area (TPSA) is 67.2 Å². The lowest BCUT2D eigenvalue weighted by Crippen LogP contribution is -2.30. The summed E-state index contributed by atoms with van der Waals surface area (Å²) in [5, 5.41) is 16.6. The minimum absolute atomic E-state index is 0.0220. The van der Waals surface area contributed by atoms with E-state index in [9.17, 15) is 9.90 Å². The van der Waals surface area contributed by atoms with Gasteiger partial charge in [0.2, 0.25) is 0 Å². The Kier molecular flexibility index (Phi) is 3.18. The molecule has 1 atom stereocenters. The maximum atomic E-state index is 12.2. The van der Waals surface area contributed by atoms with Crippen LogP contribution < -0.4 is 5.32 Å². The highest BCUT2D eigenvalue weighted by atomic mass is 16.3. The molecule has 1 aliphatic carbocycles. The predicted molar refractivity (Wildman–Crippen MR) is 74.5 cm³/mol. The van der Waals surface area contributed by atoms with Crippen molar-refractivity contribution in [3.05, 3.63) is 47.3 Å². The molecule has 0 aliphatic heterocycles. The predicted octanol–water partition coefficient (Wildman–Crippen LogP) is 1.93. The van der Waals surface area contributed by atoms with Crippen LogP contribution in [0.2, 0.25) is 0 Å². The van der Waals surface area contributed by atoms with Crippen LogP contribution in [0.3, 0.4) is 0 Å². The Morgan fingerprint density at radius 3 is 2.90 bits per heavy atom. The number of fused-ring (bicyclic) bond motifs is 1. The minimum atomic E-state index is -0.119. The van der Waals surface area contributed by atoms with E-state index < -0.39 is 0 Å². The van der Waals surface area contributed by atoms with Gasteiger partial charge in [0.25, 0.3) is 5.91 Å². The summed E-state index contributed by atoms with van der Waals surface area (Å²) in [5.41, 5.74) is 2.87. The highest BCUT2D eigenvalue weighted by molar-refractivity contribution is 5.94. The summed E-state index contributed by atoms with van der Waals surface area (Å²) in [6.45, 7) is 0. The second kappa shape index (κ2) is 5.00. The van der Waals surface area contributed by atoms with Crippen LogP contribution in [0, 0.1) is 0 Å². The van der Waals surface area contributed by atoms with Gasteiger partial charge >= 0.3 is 0 Å². The van der Waals surface area contributed by atoms with Crippen LogP contribution in [0.25, 0.3) is 0 Å². The summed E-state index contributed by atoms with van der Waals surface area (Å²) in [7, 11) is 1.93. The molecule has 0 bridgehead atoms. The third-order valence-electron chi connectivity index (χ3n) is 3.81. The van der Waals surface area contributed by atoms with E-state index >= 15 is 0 Å². The maximum absolute atomic E-state index is 12.2. The fourth-order valence-electron chi connectivity index (χ4n) is 2.71. The first kappa shape index (κ1) is 12.7. The lowest BCUT2D eigenvalue weighted by molar-refractivity contribution is 0.0932. The molecule has 1 aromatic carbocycles. The number of hydrogen-bond acceptors (Lipinski definition) is 3. The fourth-order valence-corrected chi connectivity index (χ4v) is 2.71. The number of nitrogens with one attached hydrogen (secondary N) is 1. The summed E-state index contributed by atoms with van der Waals surface area (Å²) >= 11 is 0. The van der Waals surface area contributed by atoms with Gasteiger partial charge in [-0.2, -0.15) is 5.10 Å². The number of hydrogen-bond donors (Lipinski definition) is 2. The number of aromatic hydroxyl groups is 1. The molecule has 20 heavy (non-hydrogen) atoms. The van der Waals surface area contributed by atoms with Gasteiger partial charge in [-0.25, -0.2) is 0 Å². The largest absolute Gasteiger partial charge is 0.508 e. The van der Waals surface area contributed by atoms with E-state index in [1.54, 1.807) is 12.1 Å². The van der Waals surface area contributed by atoms with Crippen LogP contribution in [0.4, 0.5) is 0 Å². The van der Waals surface area contributed by atoms with Gasteiger partial charge in [-0.3, -0.25) is 9.48 Å². The third-order valence-corrected chi connectivity index (χ3v) is 3.81. The molecule has 0 spiro atoms. The molecule has 5 nitrogen and oxygen atoms in total. The first-order chi connectivity index (χ1) is 9.65. The van der Waals surface area contributed by atoms with Gasteiger partial charge in [0, 0.05) is 23.9 Å². The van der Waals surface area contributed by atoms with Crippen molar-refractivity contribution in [3.8, 4) is 5.75 Å². The molecule has 1 amide bonds. The molecule has 0 fully saturated rings. The number of carbonyl (C=O) groups excluding carboxylic acids is 1.